The summed E-state index contributed by atoms with van der Waals surface area (Å²) < 4.78 is 1.88. The van der Waals surface area contributed by atoms with Gasteiger partial charge in [0.25, 0.3) is 0 Å². The van der Waals surface area contributed by atoms with Crippen LogP contribution < -0.4 is 0 Å². The van der Waals surface area contributed by atoms with Crippen LogP contribution >= 0.6 is 0 Å². The van der Waals surface area contributed by atoms with Crippen molar-refractivity contribution in [3.8, 4) is 0 Å². The first-order chi connectivity index (χ1) is 6.35. The van der Waals surface area contributed by atoms with Gasteiger partial charge in [0.1, 0.15) is 0 Å². The van der Waals surface area contributed by atoms with E-state index < -0.39 is 0 Å². The maximum absolute atomic E-state index is 3.95. The Kier molecular flexibility index (Phi) is 8.73. The molecule has 0 radical (unpaired) electrons. The minimum Gasteiger partial charge on any atom is -0.273 e. The van der Waals surface area contributed by atoms with Crippen LogP contribution in [0.1, 0.15) is 46.5 Å². The molecule has 0 saturated carbocycles. The molecule has 0 aromatic carbocycles. The number of hydrogen-bond donors (Lipinski definition) is 0. The molecule has 0 aliphatic heterocycles. The number of aromatic nitrogens is 2. The molecule has 0 amide bonds. The highest BCUT2D eigenvalue weighted by atomic mass is 15.2. The van der Waals surface area contributed by atoms with Gasteiger partial charge in [0.15, 0.2) is 0 Å². The molecule has 0 spiro atoms. The summed E-state index contributed by atoms with van der Waals surface area (Å²) >= 11 is 0. The molecule has 1 rings (SSSR count). The van der Waals surface area contributed by atoms with E-state index in [0.29, 0.717) is 0 Å². The fourth-order valence-electron chi connectivity index (χ4n) is 0.988. The van der Waals surface area contributed by atoms with Crippen LogP contribution in [-0.2, 0) is 6.54 Å². The van der Waals surface area contributed by atoms with Crippen LogP contribution in [0.4, 0.5) is 0 Å². The van der Waals surface area contributed by atoms with Crippen molar-refractivity contribution in [3.63, 3.8) is 0 Å². The summed E-state index contributed by atoms with van der Waals surface area (Å²) in [4.78, 5) is 0. The Bertz CT molecular complexity index is 164. The monoisotopic (exact) mass is 182 g/mol. The van der Waals surface area contributed by atoms with Crippen molar-refractivity contribution in [1.82, 2.24) is 9.78 Å². The Hall–Kier alpha value is -0.790. The highest BCUT2D eigenvalue weighted by Crippen LogP contribution is 1.95. The van der Waals surface area contributed by atoms with Crippen LogP contribution in [0, 0.1) is 0 Å². The number of hydrogen-bond acceptors (Lipinski definition) is 1. The van der Waals surface area contributed by atoms with Gasteiger partial charge in [-0.2, -0.15) is 5.10 Å². The molecule has 0 aliphatic carbocycles. The molecule has 1 aromatic heterocycles. The lowest BCUT2D eigenvalue weighted by atomic mass is 10.2. The smallest absolute Gasteiger partial charge is 0.0489 e. The average molecular weight is 182 g/mol. The topological polar surface area (TPSA) is 17.8 Å². The highest BCUT2D eigenvalue weighted by Gasteiger charge is 1.77. The third-order valence-corrected chi connectivity index (χ3v) is 1.84. The van der Waals surface area contributed by atoms with E-state index in [-0.39, 0.29) is 0 Å². The molecule has 0 fully saturated rings. The van der Waals surface area contributed by atoms with Gasteiger partial charge in [-0.05, 0) is 13.0 Å². The highest BCUT2D eigenvalue weighted by molar-refractivity contribution is 4.76. The Balaban J connectivity index is 0.000000226. The van der Waals surface area contributed by atoms with Crippen LogP contribution in [0.2, 0.25) is 0 Å². The van der Waals surface area contributed by atoms with Crippen LogP contribution in [0.25, 0.3) is 0 Å². The number of unbranched alkanes of at least 4 members (excludes halogenated alkanes) is 3. The van der Waals surface area contributed by atoms with Crippen molar-refractivity contribution < 1.29 is 0 Å². The molecule has 2 heteroatoms. The zero-order valence-electron chi connectivity index (χ0n) is 9.16. The second-order valence-corrected chi connectivity index (χ2v) is 3.07. The van der Waals surface area contributed by atoms with E-state index in [1.165, 1.54) is 25.7 Å². The van der Waals surface area contributed by atoms with E-state index in [9.17, 15) is 0 Å². The molecule has 2 nitrogen and oxygen atoms in total. The average Bonchev–Trinajstić information content (AvgIpc) is 2.68. The molecule has 13 heavy (non-hydrogen) atoms. The molecule has 1 aromatic rings. The summed E-state index contributed by atoms with van der Waals surface area (Å²) in [7, 11) is 0. The minimum atomic E-state index is 0.965. The Morgan fingerprint density at radius 3 is 1.92 bits per heavy atom. The Labute approximate surface area is 82.0 Å². The molecule has 0 saturated heterocycles. The molecular formula is C11H22N2. The fraction of sp³-hybridized carbons (Fsp3) is 0.727. The van der Waals surface area contributed by atoms with Crippen LogP contribution in [-0.4, -0.2) is 9.78 Å². The maximum Gasteiger partial charge on any atom is 0.0489 e. The second-order valence-electron chi connectivity index (χ2n) is 3.07. The first kappa shape index (κ1) is 12.2. The van der Waals surface area contributed by atoms with Gasteiger partial charge in [0.05, 0.1) is 0 Å². The largest absolute Gasteiger partial charge is 0.273 e. The van der Waals surface area contributed by atoms with Gasteiger partial charge in [-0.3, -0.25) is 4.68 Å². The third kappa shape index (κ3) is 7.57. The van der Waals surface area contributed by atoms with E-state index in [1.54, 1.807) is 6.20 Å². The van der Waals surface area contributed by atoms with Gasteiger partial charge >= 0.3 is 0 Å². The zero-order valence-corrected chi connectivity index (χ0v) is 9.16. The van der Waals surface area contributed by atoms with Crippen molar-refractivity contribution >= 4 is 0 Å². The summed E-state index contributed by atoms with van der Waals surface area (Å²) in [5, 5.41) is 3.95. The molecule has 0 aliphatic rings. The standard InChI is InChI=1S/C6H14.C5H8N2/c1-3-5-6-4-2;1-2-7-5-3-4-6-7/h3-6H2,1-2H3;3-5H,2H2,1H3. The number of rotatable bonds is 4. The van der Waals surface area contributed by atoms with Gasteiger partial charge in [0.2, 0.25) is 0 Å². The zero-order chi connectivity index (χ0) is 9.94. The summed E-state index contributed by atoms with van der Waals surface area (Å²) in [6, 6.07) is 1.92. The Morgan fingerprint density at radius 1 is 1.08 bits per heavy atom. The van der Waals surface area contributed by atoms with Crippen LogP contribution in [0.15, 0.2) is 18.5 Å². The maximum atomic E-state index is 3.95. The van der Waals surface area contributed by atoms with Crippen LogP contribution in [0.3, 0.4) is 0 Å². The first-order valence-electron chi connectivity index (χ1n) is 5.32. The summed E-state index contributed by atoms with van der Waals surface area (Å²) in [5.74, 6) is 0. The Morgan fingerprint density at radius 2 is 1.69 bits per heavy atom. The molecule has 0 bridgehead atoms. The van der Waals surface area contributed by atoms with Crippen molar-refractivity contribution in [2.24, 2.45) is 0 Å². The van der Waals surface area contributed by atoms with Gasteiger partial charge in [-0.1, -0.05) is 39.5 Å². The SMILES string of the molecule is CCCCCC.CCn1cccn1. The summed E-state index contributed by atoms with van der Waals surface area (Å²) in [6.07, 6.45) is 9.26. The molecule has 76 valence electrons. The first-order valence-corrected chi connectivity index (χ1v) is 5.32. The van der Waals surface area contributed by atoms with Crippen molar-refractivity contribution in [3.05, 3.63) is 18.5 Å². The van der Waals surface area contributed by atoms with E-state index >= 15 is 0 Å². The van der Waals surface area contributed by atoms with E-state index in [1.807, 2.05) is 16.9 Å². The van der Waals surface area contributed by atoms with Gasteiger partial charge in [0, 0.05) is 18.9 Å². The van der Waals surface area contributed by atoms with Crippen molar-refractivity contribution in [1.29, 1.82) is 0 Å². The second kappa shape index (κ2) is 9.30. The minimum absolute atomic E-state index is 0.965. The van der Waals surface area contributed by atoms with E-state index in [4.69, 9.17) is 0 Å². The molecule has 0 atom stereocenters. The fourth-order valence-corrected chi connectivity index (χ4v) is 0.988. The summed E-state index contributed by atoms with van der Waals surface area (Å²) in [5.41, 5.74) is 0. The molecule has 1 heterocycles. The number of aryl methyl sites for hydroxylation is 1. The normalized spacial score (nSPS) is 9.15. The van der Waals surface area contributed by atoms with Gasteiger partial charge in [-0.15, -0.1) is 0 Å². The number of nitrogens with zero attached hydrogens (tertiary/aromatic N) is 2. The lowest BCUT2D eigenvalue weighted by molar-refractivity contribution is 0.660. The van der Waals surface area contributed by atoms with Gasteiger partial charge < -0.3 is 0 Å². The molecular weight excluding hydrogens is 160 g/mol. The van der Waals surface area contributed by atoms with Gasteiger partial charge in [-0.25, -0.2) is 0 Å². The van der Waals surface area contributed by atoms with Crippen molar-refractivity contribution in [2.45, 2.75) is 53.0 Å². The van der Waals surface area contributed by atoms with Crippen molar-refractivity contribution in [2.75, 3.05) is 0 Å². The lowest BCUT2D eigenvalue weighted by Crippen LogP contribution is -1.91. The van der Waals surface area contributed by atoms with E-state index in [0.717, 1.165) is 6.54 Å². The third-order valence-electron chi connectivity index (χ3n) is 1.84. The molecule has 0 N–H and O–H groups in total. The predicted molar refractivity (Wildman–Crippen MR) is 57.7 cm³/mol. The van der Waals surface area contributed by atoms with E-state index in [2.05, 4.69) is 25.9 Å². The molecule has 0 unspecified atom stereocenters. The lowest BCUT2D eigenvalue weighted by Gasteiger charge is -1.87. The van der Waals surface area contributed by atoms with Crippen LogP contribution in [0.5, 0.6) is 0 Å². The quantitative estimate of drug-likeness (QED) is 0.652. The summed E-state index contributed by atoms with van der Waals surface area (Å²) in [6.45, 7) is 7.49. The predicted octanol–water partition coefficient (Wildman–Crippen LogP) is 3.49.